The molecule has 2 N–H and O–H groups in total. The number of hydrogen-bond acceptors (Lipinski definition) is 2. The van der Waals surface area contributed by atoms with Crippen LogP contribution in [0.3, 0.4) is 0 Å². The molecule has 0 heterocycles. The van der Waals surface area contributed by atoms with E-state index < -0.39 is 0 Å². The SMILES string of the molecule is CCC(CC1CC1)NC(=O)CCNC(C)(C)C. The summed E-state index contributed by atoms with van der Waals surface area (Å²) in [4.78, 5) is 11.7. The van der Waals surface area contributed by atoms with Gasteiger partial charge in [0.25, 0.3) is 0 Å². The predicted molar refractivity (Wildman–Crippen MR) is 71.9 cm³/mol. The van der Waals surface area contributed by atoms with Crippen LogP contribution in [0, 0.1) is 5.92 Å². The second-order valence-electron chi connectivity index (χ2n) is 6.28. The summed E-state index contributed by atoms with van der Waals surface area (Å²) in [5.41, 5.74) is 0.0957. The second kappa shape index (κ2) is 6.39. The fraction of sp³-hybridized carbons (Fsp3) is 0.929. The Balaban J connectivity index is 2.13. The maximum Gasteiger partial charge on any atom is 0.221 e. The standard InChI is InChI=1S/C14H28N2O/c1-5-12(10-11-6-7-11)16-13(17)8-9-15-14(2,3)4/h11-12,15H,5-10H2,1-4H3,(H,16,17). The van der Waals surface area contributed by atoms with Crippen LogP contribution < -0.4 is 10.6 Å². The molecule has 0 saturated heterocycles. The van der Waals surface area contributed by atoms with E-state index in [1.165, 1.54) is 19.3 Å². The Kier molecular flexibility index (Phi) is 5.44. The average Bonchev–Trinajstić information content (AvgIpc) is 2.98. The van der Waals surface area contributed by atoms with Crippen molar-refractivity contribution in [3.8, 4) is 0 Å². The van der Waals surface area contributed by atoms with Crippen LogP contribution in [0.25, 0.3) is 0 Å². The lowest BCUT2D eigenvalue weighted by atomic mass is 10.1. The number of carbonyl (C=O) groups excluding carboxylic acids is 1. The maximum absolute atomic E-state index is 11.7. The fourth-order valence-corrected chi connectivity index (χ4v) is 1.93. The highest BCUT2D eigenvalue weighted by Gasteiger charge is 2.25. The molecule has 1 aliphatic rings. The number of nitrogens with one attached hydrogen (secondary N) is 2. The molecule has 1 unspecified atom stereocenters. The van der Waals surface area contributed by atoms with E-state index in [2.05, 4.69) is 38.3 Å². The van der Waals surface area contributed by atoms with Crippen molar-refractivity contribution >= 4 is 5.91 Å². The van der Waals surface area contributed by atoms with Crippen LogP contribution in [0.2, 0.25) is 0 Å². The van der Waals surface area contributed by atoms with Gasteiger partial charge < -0.3 is 10.6 Å². The van der Waals surface area contributed by atoms with E-state index >= 15 is 0 Å². The van der Waals surface area contributed by atoms with Gasteiger partial charge in [-0.3, -0.25) is 4.79 Å². The van der Waals surface area contributed by atoms with Crippen molar-refractivity contribution in [3.63, 3.8) is 0 Å². The number of rotatable bonds is 7. The van der Waals surface area contributed by atoms with E-state index in [1.807, 2.05) is 0 Å². The van der Waals surface area contributed by atoms with Crippen molar-refractivity contribution in [2.45, 2.75) is 71.4 Å². The number of amides is 1. The second-order valence-corrected chi connectivity index (χ2v) is 6.28. The van der Waals surface area contributed by atoms with Gasteiger partial charge in [0.1, 0.15) is 0 Å². The molecule has 0 aromatic heterocycles. The van der Waals surface area contributed by atoms with Crippen LogP contribution in [0.5, 0.6) is 0 Å². The number of carbonyl (C=O) groups is 1. The topological polar surface area (TPSA) is 41.1 Å². The molecule has 3 nitrogen and oxygen atoms in total. The summed E-state index contributed by atoms with van der Waals surface area (Å²) in [5.74, 6) is 1.07. The third kappa shape index (κ3) is 7.37. The van der Waals surface area contributed by atoms with Crippen LogP contribution in [-0.4, -0.2) is 24.0 Å². The molecule has 0 bridgehead atoms. The summed E-state index contributed by atoms with van der Waals surface area (Å²) in [7, 11) is 0. The van der Waals surface area contributed by atoms with Crippen LogP contribution >= 0.6 is 0 Å². The van der Waals surface area contributed by atoms with Crippen molar-refractivity contribution in [1.29, 1.82) is 0 Å². The Bertz CT molecular complexity index is 241. The molecule has 1 fully saturated rings. The van der Waals surface area contributed by atoms with E-state index in [9.17, 15) is 4.79 Å². The molecule has 1 amide bonds. The van der Waals surface area contributed by atoms with Crippen LogP contribution in [0.15, 0.2) is 0 Å². The lowest BCUT2D eigenvalue weighted by Crippen LogP contribution is -2.40. The first-order valence-electron chi connectivity index (χ1n) is 6.95. The first kappa shape index (κ1) is 14.5. The summed E-state index contributed by atoms with van der Waals surface area (Å²) in [5, 5.41) is 6.48. The molecular weight excluding hydrogens is 212 g/mol. The normalized spacial score (nSPS) is 17.9. The van der Waals surface area contributed by atoms with E-state index in [1.54, 1.807) is 0 Å². The van der Waals surface area contributed by atoms with Gasteiger partial charge in [0.05, 0.1) is 0 Å². The molecule has 100 valence electrons. The Morgan fingerprint density at radius 3 is 2.47 bits per heavy atom. The Morgan fingerprint density at radius 2 is 2.00 bits per heavy atom. The minimum Gasteiger partial charge on any atom is -0.353 e. The van der Waals surface area contributed by atoms with Crippen LogP contribution in [0.1, 0.15) is 59.8 Å². The summed E-state index contributed by atoms with van der Waals surface area (Å²) < 4.78 is 0. The lowest BCUT2D eigenvalue weighted by Gasteiger charge is -2.21. The summed E-state index contributed by atoms with van der Waals surface area (Å²) in [6.07, 6.45) is 5.53. The van der Waals surface area contributed by atoms with Crippen molar-refractivity contribution < 1.29 is 4.79 Å². The van der Waals surface area contributed by atoms with Gasteiger partial charge in [0.15, 0.2) is 0 Å². The van der Waals surface area contributed by atoms with Crippen LogP contribution in [-0.2, 0) is 4.79 Å². The molecule has 3 heteroatoms. The molecule has 0 spiro atoms. The van der Waals surface area contributed by atoms with Gasteiger partial charge in [-0.2, -0.15) is 0 Å². The smallest absolute Gasteiger partial charge is 0.221 e. The first-order chi connectivity index (χ1) is 7.90. The molecular formula is C14H28N2O. The highest BCUT2D eigenvalue weighted by atomic mass is 16.1. The fourth-order valence-electron chi connectivity index (χ4n) is 1.93. The highest BCUT2D eigenvalue weighted by molar-refractivity contribution is 5.76. The third-order valence-electron chi connectivity index (χ3n) is 3.18. The molecule has 1 saturated carbocycles. The zero-order valence-corrected chi connectivity index (χ0v) is 11.8. The Labute approximate surface area is 106 Å². The van der Waals surface area contributed by atoms with E-state index in [0.29, 0.717) is 12.5 Å². The minimum atomic E-state index is 0.0957. The van der Waals surface area contributed by atoms with Gasteiger partial charge >= 0.3 is 0 Å². The van der Waals surface area contributed by atoms with Gasteiger partial charge in [-0.05, 0) is 39.5 Å². The van der Waals surface area contributed by atoms with Crippen LogP contribution in [0.4, 0.5) is 0 Å². The Morgan fingerprint density at radius 1 is 1.35 bits per heavy atom. The van der Waals surface area contributed by atoms with Gasteiger partial charge in [-0.15, -0.1) is 0 Å². The van der Waals surface area contributed by atoms with Gasteiger partial charge in [0.2, 0.25) is 5.91 Å². The zero-order chi connectivity index (χ0) is 12.9. The number of hydrogen-bond donors (Lipinski definition) is 2. The first-order valence-corrected chi connectivity index (χ1v) is 6.95. The molecule has 17 heavy (non-hydrogen) atoms. The highest BCUT2D eigenvalue weighted by Crippen LogP contribution is 2.33. The van der Waals surface area contributed by atoms with Gasteiger partial charge in [0, 0.05) is 24.5 Å². The lowest BCUT2D eigenvalue weighted by molar-refractivity contribution is -0.121. The van der Waals surface area contributed by atoms with Gasteiger partial charge in [-0.1, -0.05) is 19.8 Å². The largest absolute Gasteiger partial charge is 0.353 e. The monoisotopic (exact) mass is 240 g/mol. The molecule has 1 aliphatic carbocycles. The molecule has 0 aliphatic heterocycles. The average molecular weight is 240 g/mol. The summed E-state index contributed by atoms with van der Waals surface area (Å²) in [6.45, 7) is 9.27. The summed E-state index contributed by atoms with van der Waals surface area (Å²) >= 11 is 0. The van der Waals surface area contributed by atoms with Crippen molar-refractivity contribution in [2.24, 2.45) is 5.92 Å². The van der Waals surface area contributed by atoms with E-state index in [-0.39, 0.29) is 11.4 Å². The molecule has 0 aromatic carbocycles. The van der Waals surface area contributed by atoms with E-state index in [0.717, 1.165) is 18.9 Å². The Hall–Kier alpha value is -0.570. The summed E-state index contributed by atoms with van der Waals surface area (Å²) in [6, 6.07) is 0.393. The third-order valence-corrected chi connectivity index (χ3v) is 3.18. The molecule has 1 atom stereocenters. The van der Waals surface area contributed by atoms with Gasteiger partial charge in [-0.25, -0.2) is 0 Å². The maximum atomic E-state index is 11.7. The predicted octanol–water partition coefficient (Wildman–Crippen LogP) is 2.46. The van der Waals surface area contributed by atoms with E-state index in [4.69, 9.17) is 0 Å². The zero-order valence-electron chi connectivity index (χ0n) is 11.8. The quantitative estimate of drug-likeness (QED) is 0.717. The molecule has 0 radical (unpaired) electrons. The van der Waals surface area contributed by atoms with Crippen molar-refractivity contribution in [1.82, 2.24) is 10.6 Å². The van der Waals surface area contributed by atoms with Crippen molar-refractivity contribution in [2.75, 3.05) is 6.54 Å². The molecule has 0 aromatic rings. The van der Waals surface area contributed by atoms with Crippen molar-refractivity contribution in [3.05, 3.63) is 0 Å². The minimum absolute atomic E-state index is 0.0957. The molecule has 1 rings (SSSR count).